The van der Waals surface area contributed by atoms with Crippen molar-refractivity contribution < 1.29 is 14.7 Å². The van der Waals surface area contributed by atoms with E-state index in [2.05, 4.69) is 29.4 Å². The Morgan fingerprint density at radius 2 is 1.94 bits per heavy atom. The van der Waals surface area contributed by atoms with E-state index in [4.69, 9.17) is 5.11 Å². The molecule has 0 aliphatic rings. The lowest BCUT2D eigenvalue weighted by atomic mass is 10.3. The Morgan fingerprint density at radius 1 is 1.29 bits per heavy atom. The zero-order chi connectivity index (χ0) is 13.3. The van der Waals surface area contributed by atoms with Crippen molar-refractivity contribution in [3.63, 3.8) is 0 Å². The molecule has 1 atom stereocenters. The Labute approximate surface area is 102 Å². The maximum Gasteiger partial charge on any atom is 0.325 e. The molecule has 0 bridgehead atoms. The first-order valence-corrected chi connectivity index (χ1v) is 6.00. The SMILES string of the molecule is CCCN(CC)CCNC(=O)NC(C)C(=O)O. The quantitative estimate of drug-likeness (QED) is 0.581. The Kier molecular flexibility index (Phi) is 8.13. The first kappa shape index (κ1) is 15.7. The van der Waals surface area contributed by atoms with Crippen LogP contribution < -0.4 is 10.6 Å². The van der Waals surface area contributed by atoms with Crippen LogP contribution in [0.25, 0.3) is 0 Å². The molecule has 0 radical (unpaired) electrons. The first-order valence-electron chi connectivity index (χ1n) is 6.00. The van der Waals surface area contributed by atoms with Gasteiger partial charge < -0.3 is 20.6 Å². The van der Waals surface area contributed by atoms with E-state index in [1.54, 1.807) is 0 Å². The highest BCUT2D eigenvalue weighted by Crippen LogP contribution is 1.89. The third kappa shape index (κ3) is 7.57. The molecule has 0 aliphatic heterocycles. The van der Waals surface area contributed by atoms with Crippen molar-refractivity contribution >= 4 is 12.0 Å². The standard InChI is InChI=1S/C11H23N3O3/c1-4-7-14(5-2)8-6-12-11(17)13-9(3)10(15)16/h9H,4-8H2,1-3H3,(H,15,16)(H2,12,13,17). The summed E-state index contributed by atoms with van der Waals surface area (Å²) < 4.78 is 0. The lowest BCUT2D eigenvalue weighted by Gasteiger charge is -2.19. The summed E-state index contributed by atoms with van der Waals surface area (Å²) in [7, 11) is 0. The molecule has 0 aliphatic carbocycles. The Bertz CT molecular complexity index is 246. The van der Waals surface area contributed by atoms with Crippen LogP contribution in [-0.2, 0) is 4.79 Å². The van der Waals surface area contributed by atoms with E-state index >= 15 is 0 Å². The number of carbonyl (C=O) groups is 2. The number of likely N-dealkylation sites (N-methyl/N-ethyl adjacent to an activating group) is 1. The van der Waals surface area contributed by atoms with Crippen molar-refractivity contribution in [3.05, 3.63) is 0 Å². The smallest absolute Gasteiger partial charge is 0.325 e. The zero-order valence-corrected chi connectivity index (χ0v) is 10.8. The molecule has 0 aromatic heterocycles. The van der Waals surface area contributed by atoms with Gasteiger partial charge in [-0.05, 0) is 26.4 Å². The third-order valence-corrected chi connectivity index (χ3v) is 2.42. The number of amides is 2. The number of hydrogen-bond acceptors (Lipinski definition) is 3. The van der Waals surface area contributed by atoms with Crippen molar-refractivity contribution in [2.75, 3.05) is 26.2 Å². The lowest BCUT2D eigenvalue weighted by Crippen LogP contribution is -2.46. The van der Waals surface area contributed by atoms with Crippen LogP contribution in [0, 0.1) is 0 Å². The van der Waals surface area contributed by atoms with Gasteiger partial charge in [-0.25, -0.2) is 4.79 Å². The summed E-state index contributed by atoms with van der Waals surface area (Å²) in [4.78, 5) is 24.0. The molecule has 1 unspecified atom stereocenters. The van der Waals surface area contributed by atoms with E-state index < -0.39 is 18.0 Å². The van der Waals surface area contributed by atoms with E-state index in [-0.39, 0.29) is 0 Å². The number of carbonyl (C=O) groups excluding carboxylic acids is 1. The van der Waals surface area contributed by atoms with E-state index in [0.717, 1.165) is 26.1 Å². The van der Waals surface area contributed by atoms with Crippen molar-refractivity contribution in [1.82, 2.24) is 15.5 Å². The van der Waals surface area contributed by atoms with Crippen LogP contribution in [0.4, 0.5) is 4.79 Å². The van der Waals surface area contributed by atoms with E-state index in [0.29, 0.717) is 6.54 Å². The fraction of sp³-hybridized carbons (Fsp3) is 0.818. The summed E-state index contributed by atoms with van der Waals surface area (Å²) in [6.07, 6.45) is 1.08. The van der Waals surface area contributed by atoms with Crippen LogP contribution in [0.2, 0.25) is 0 Å². The van der Waals surface area contributed by atoms with Crippen LogP contribution in [-0.4, -0.2) is 54.2 Å². The second-order valence-electron chi connectivity index (χ2n) is 3.89. The maximum atomic E-state index is 11.3. The van der Waals surface area contributed by atoms with Crippen LogP contribution >= 0.6 is 0 Å². The van der Waals surface area contributed by atoms with Gasteiger partial charge in [-0.2, -0.15) is 0 Å². The predicted octanol–water partition coefficient (Wildman–Crippen LogP) is 0.491. The highest BCUT2D eigenvalue weighted by atomic mass is 16.4. The zero-order valence-electron chi connectivity index (χ0n) is 10.8. The molecule has 0 saturated heterocycles. The minimum absolute atomic E-state index is 0.438. The lowest BCUT2D eigenvalue weighted by molar-refractivity contribution is -0.138. The van der Waals surface area contributed by atoms with Gasteiger partial charge >= 0.3 is 12.0 Å². The molecule has 0 fully saturated rings. The highest BCUT2D eigenvalue weighted by molar-refractivity contribution is 5.82. The monoisotopic (exact) mass is 245 g/mol. The second kappa shape index (κ2) is 8.81. The number of carboxylic acid groups (broad SMARTS) is 1. The van der Waals surface area contributed by atoms with E-state index in [1.165, 1.54) is 6.92 Å². The second-order valence-corrected chi connectivity index (χ2v) is 3.89. The van der Waals surface area contributed by atoms with E-state index in [9.17, 15) is 9.59 Å². The Morgan fingerprint density at radius 3 is 2.41 bits per heavy atom. The number of aliphatic carboxylic acids is 1. The van der Waals surface area contributed by atoms with Gasteiger partial charge in [0.15, 0.2) is 0 Å². The topological polar surface area (TPSA) is 81.7 Å². The molecular weight excluding hydrogens is 222 g/mol. The number of nitrogens with zero attached hydrogens (tertiary/aromatic N) is 1. The van der Waals surface area contributed by atoms with Gasteiger partial charge in [0.05, 0.1) is 0 Å². The van der Waals surface area contributed by atoms with Gasteiger partial charge in [-0.3, -0.25) is 4.79 Å². The van der Waals surface area contributed by atoms with Gasteiger partial charge in [-0.1, -0.05) is 13.8 Å². The molecular formula is C11H23N3O3. The first-order chi connectivity index (χ1) is 8.01. The van der Waals surface area contributed by atoms with Crippen LogP contribution in [0.1, 0.15) is 27.2 Å². The molecule has 0 spiro atoms. The average Bonchev–Trinajstić information content (AvgIpc) is 2.27. The van der Waals surface area contributed by atoms with Gasteiger partial charge in [0.2, 0.25) is 0 Å². The summed E-state index contributed by atoms with van der Waals surface area (Å²) in [6, 6.07) is -1.31. The van der Waals surface area contributed by atoms with E-state index in [1.807, 2.05) is 0 Å². The molecule has 0 saturated carbocycles. The van der Waals surface area contributed by atoms with Crippen molar-refractivity contribution in [2.24, 2.45) is 0 Å². The summed E-state index contributed by atoms with van der Waals surface area (Å²) in [5.74, 6) is -1.04. The summed E-state index contributed by atoms with van der Waals surface area (Å²) in [5, 5.41) is 13.6. The predicted molar refractivity (Wildman–Crippen MR) is 66.0 cm³/mol. The number of carboxylic acids is 1. The van der Waals surface area contributed by atoms with Gasteiger partial charge in [-0.15, -0.1) is 0 Å². The third-order valence-electron chi connectivity index (χ3n) is 2.42. The number of hydrogen-bond donors (Lipinski definition) is 3. The molecule has 17 heavy (non-hydrogen) atoms. The molecule has 100 valence electrons. The molecule has 6 nitrogen and oxygen atoms in total. The maximum absolute atomic E-state index is 11.3. The Balaban J connectivity index is 3.73. The number of urea groups is 1. The summed E-state index contributed by atoms with van der Waals surface area (Å²) in [5.41, 5.74) is 0. The summed E-state index contributed by atoms with van der Waals surface area (Å²) >= 11 is 0. The summed E-state index contributed by atoms with van der Waals surface area (Å²) in [6.45, 7) is 8.86. The van der Waals surface area contributed by atoms with Gasteiger partial charge in [0, 0.05) is 13.1 Å². The van der Waals surface area contributed by atoms with Crippen LogP contribution in [0.5, 0.6) is 0 Å². The number of rotatable bonds is 8. The molecule has 3 N–H and O–H groups in total. The molecule has 0 heterocycles. The largest absolute Gasteiger partial charge is 0.480 e. The van der Waals surface area contributed by atoms with Crippen molar-refractivity contribution in [1.29, 1.82) is 0 Å². The molecule has 0 aromatic rings. The van der Waals surface area contributed by atoms with Crippen LogP contribution in [0.3, 0.4) is 0 Å². The van der Waals surface area contributed by atoms with Crippen molar-refractivity contribution in [2.45, 2.75) is 33.2 Å². The fourth-order valence-corrected chi connectivity index (χ4v) is 1.38. The van der Waals surface area contributed by atoms with Gasteiger partial charge in [0.1, 0.15) is 6.04 Å². The molecule has 2 amide bonds. The van der Waals surface area contributed by atoms with Crippen molar-refractivity contribution in [3.8, 4) is 0 Å². The normalized spacial score (nSPS) is 12.2. The fourth-order valence-electron chi connectivity index (χ4n) is 1.38. The Hall–Kier alpha value is -1.30. The average molecular weight is 245 g/mol. The molecule has 6 heteroatoms. The minimum atomic E-state index is -1.04. The number of nitrogens with one attached hydrogen (secondary N) is 2. The van der Waals surface area contributed by atoms with Crippen LogP contribution in [0.15, 0.2) is 0 Å². The molecule has 0 aromatic carbocycles. The van der Waals surface area contributed by atoms with Gasteiger partial charge in [0.25, 0.3) is 0 Å². The minimum Gasteiger partial charge on any atom is -0.480 e. The molecule has 0 rings (SSSR count). The highest BCUT2D eigenvalue weighted by Gasteiger charge is 2.13.